The average molecular weight is 432 g/mol. The highest BCUT2D eigenvalue weighted by Gasteiger charge is 2.20. The van der Waals surface area contributed by atoms with Gasteiger partial charge in [0.2, 0.25) is 5.82 Å². The van der Waals surface area contributed by atoms with Crippen molar-refractivity contribution in [1.82, 2.24) is 20.2 Å². The highest BCUT2D eigenvalue weighted by Crippen LogP contribution is 2.29. The van der Waals surface area contributed by atoms with Crippen LogP contribution >= 0.6 is 15.9 Å². The lowest BCUT2D eigenvalue weighted by atomic mass is 10.2. The molecule has 0 bridgehead atoms. The first-order chi connectivity index (χ1) is 13.0. The zero-order valence-corrected chi connectivity index (χ0v) is 16.6. The summed E-state index contributed by atoms with van der Waals surface area (Å²) >= 11 is 3.39. The predicted molar refractivity (Wildman–Crippen MR) is 104 cm³/mol. The van der Waals surface area contributed by atoms with Crippen LogP contribution in [-0.4, -0.2) is 40.3 Å². The summed E-state index contributed by atoms with van der Waals surface area (Å²) in [6.45, 7) is 1.69. The van der Waals surface area contributed by atoms with Crippen LogP contribution in [0, 0.1) is 0 Å². The van der Waals surface area contributed by atoms with Crippen LogP contribution in [0.15, 0.2) is 46.9 Å². The molecule has 2 aromatic carbocycles. The van der Waals surface area contributed by atoms with Crippen molar-refractivity contribution in [1.29, 1.82) is 0 Å². The minimum absolute atomic E-state index is 0.304. The van der Waals surface area contributed by atoms with Gasteiger partial charge in [0.15, 0.2) is 0 Å². The molecule has 0 spiro atoms. The van der Waals surface area contributed by atoms with E-state index < -0.39 is 6.04 Å². The van der Waals surface area contributed by atoms with Gasteiger partial charge in [-0.15, -0.1) is 10.2 Å². The number of halogens is 1. The Hall–Kier alpha value is -2.94. The standard InChI is InChI=1S/C18H18BrN5O3/c1-11(18(25)20-15-10-14(26-2)8-9-16(15)27-3)24-22-17(21-23-24)12-4-6-13(19)7-5-12/h4-11H,1-3H3,(H,20,25)/t11-/m0/s1. The van der Waals surface area contributed by atoms with Crippen molar-refractivity contribution in [2.75, 3.05) is 19.5 Å². The number of hydrogen-bond acceptors (Lipinski definition) is 6. The molecule has 1 amide bonds. The van der Waals surface area contributed by atoms with E-state index in [4.69, 9.17) is 9.47 Å². The summed E-state index contributed by atoms with van der Waals surface area (Å²) in [6, 6.07) is 12.0. The van der Waals surface area contributed by atoms with Gasteiger partial charge in [0.1, 0.15) is 17.5 Å². The smallest absolute Gasteiger partial charge is 0.250 e. The van der Waals surface area contributed by atoms with Gasteiger partial charge in [-0.05, 0) is 48.5 Å². The quantitative estimate of drug-likeness (QED) is 0.643. The number of benzene rings is 2. The molecular weight excluding hydrogens is 414 g/mol. The van der Waals surface area contributed by atoms with E-state index in [2.05, 4.69) is 36.7 Å². The molecule has 3 rings (SSSR count). The minimum Gasteiger partial charge on any atom is -0.497 e. The van der Waals surface area contributed by atoms with Crippen LogP contribution in [0.4, 0.5) is 5.69 Å². The average Bonchev–Trinajstić information content (AvgIpc) is 3.17. The molecular formula is C18H18BrN5O3. The van der Waals surface area contributed by atoms with E-state index in [1.165, 1.54) is 11.9 Å². The van der Waals surface area contributed by atoms with Crippen molar-refractivity contribution >= 4 is 27.5 Å². The van der Waals surface area contributed by atoms with E-state index in [-0.39, 0.29) is 5.91 Å². The van der Waals surface area contributed by atoms with Crippen LogP contribution in [0.2, 0.25) is 0 Å². The van der Waals surface area contributed by atoms with Crippen LogP contribution in [0.1, 0.15) is 13.0 Å². The summed E-state index contributed by atoms with van der Waals surface area (Å²) in [7, 11) is 3.09. The first-order valence-corrected chi connectivity index (χ1v) is 8.89. The predicted octanol–water partition coefficient (Wildman–Crippen LogP) is 3.32. The maximum absolute atomic E-state index is 12.6. The Balaban J connectivity index is 1.77. The molecule has 140 valence electrons. The van der Waals surface area contributed by atoms with Gasteiger partial charge in [-0.3, -0.25) is 4.79 Å². The lowest BCUT2D eigenvalue weighted by molar-refractivity contribution is -0.119. The number of nitrogens with one attached hydrogen (secondary N) is 1. The van der Waals surface area contributed by atoms with Gasteiger partial charge in [0.25, 0.3) is 5.91 Å². The van der Waals surface area contributed by atoms with E-state index >= 15 is 0 Å². The number of anilines is 1. The maximum atomic E-state index is 12.6. The summed E-state index contributed by atoms with van der Waals surface area (Å²) in [5.74, 6) is 1.27. The fourth-order valence-corrected chi connectivity index (χ4v) is 2.62. The monoisotopic (exact) mass is 431 g/mol. The first-order valence-electron chi connectivity index (χ1n) is 8.10. The summed E-state index contributed by atoms with van der Waals surface area (Å²) in [6.07, 6.45) is 0. The molecule has 0 unspecified atom stereocenters. The lowest BCUT2D eigenvalue weighted by Gasteiger charge is -2.14. The van der Waals surface area contributed by atoms with E-state index in [9.17, 15) is 4.79 Å². The van der Waals surface area contributed by atoms with E-state index in [1.54, 1.807) is 32.2 Å². The number of nitrogens with zero attached hydrogens (tertiary/aromatic N) is 4. The van der Waals surface area contributed by atoms with Crippen LogP contribution in [0.25, 0.3) is 11.4 Å². The summed E-state index contributed by atoms with van der Waals surface area (Å²) in [4.78, 5) is 13.9. The summed E-state index contributed by atoms with van der Waals surface area (Å²) in [5.41, 5.74) is 1.31. The largest absolute Gasteiger partial charge is 0.497 e. The second-order valence-electron chi connectivity index (χ2n) is 5.67. The zero-order chi connectivity index (χ0) is 19.4. The molecule has 9 heteroatoms. The Morgan fingerprint density at radius 3 is 2.56 bits per heavy atom. The molecule has 0 aliphatic rings. The third-order valence-corrected chi connectivity index (χ3v) is 4.45. The number of methoxy groups -OCH3 is 2. The highest BCUT2D eigenvalue weighted by molar-refractivity contribution is 9.10. The van der Waals surface area contributed by atoms with Gasteiger partial charge in [-0.2, -0.15) is 4.80 Å². The summed E-state index contributed by atoms with van der Waals surface area (Å²) < 4.78 is 11.4. The number of hydrogen-bond donors (Lipinski definition) is 1. The van der Waals surface area contributed by atoms with Crippen molar-refractivity contribution in [3.05, 3.63) is 46.9 Å². The van der Waals surface area contributed by atoms with Crippen molar-refractivity contribution in [3.63, 3.8) is 0 Å². The van der Waals surface area contributed by atoms with E-state index in [0.29, 0.717) is 23.0 Å². The third-order valence-electron chi connectivity index (χ3n) is 3.92. The highest BCUT2D eigenvalue weighted by atomic mass is 79.9. The molecule has 0 aliphatic heterocycles. The fourth-order valence-electron chi connectivity index (χ4n) is 2.36. The molecule has 0 saturated heterocycles. The van der Waals surface area contributed by atoms with Crippen LogP contribution in [0.3, 0.4) is 0 Å². The topological polar surface area (TPSA) is 91.2 Å². The van der Waals surface area contributed by atoms with Crippen LogP contribution in [0.5, 0.6) is 11.5 Å². The molecule has 1 aromatic heterocycles. The van der Waals surface area contributed by atoms with E-state index in [1.807, 2.05) is 24.3 Å². The number of carbonyl (C=O) groups is 1. The molecule has 0 saturated carbocycles. The van der Waals surface area contributed by atoms with Gasteiger partial charge >= 0.3 is 0 Å². The molecule has 8 nitrogen and oxygen atoms in total. The van der Waals surface area contributed by atoms with Gasteiger partial charge < -0.3 is 14.8 Å². The molecule has 1 atom stereocenters. The molecule has 1 heterocycles. The van der Waals surface area contributed by atoms with Crippen molar-refractivity contribution < 1.29 is 14.3 Å². The van der Waals surface area contributed by atoms with Gasteiger partial charge in [-0.25, -0.2) is 0 Å². The second kappa shape index (κ2) is 8.17. The number of amides is 1. The Morgan fingerprint density at radius 2 is 1.89 bits per heavy atom. The molecule has 0 fully saturated rings. The first kappa shape index (κ1) is 18.8. The van der Waals surface area contributed by atoms with E-state index in [0.717, 1.165) is 10.0 Å². The van der Waals surface area contributed by atoms with Crippen molar-refractivity contribution in [2.45, 2.75) is 13.0 Å². The molecule has 27 heavy (non-hydrogen) atoms. The fraction of sp³-hybridized carbons (Fsp3) is 0.222. The lowest BCUT2D eigenvalue weighted by Crippen LogP contribution is -2.25. The van der Waals surface area contributed by atoms with Crippen LogP contribution in [-0.2, 0) is 4.79 Å². The number of ether oxygens (including phenoxy) is 2. The number of aromatic nitrogens is 4. The Bertz CT molecular complexity index is 942. The molecule has 1 N–H and O–H groups in total. The molecule has 0 aliphatic carbocycles. The number of tetrazole rings is 1. The number of carbonyl (C=O) groups excluding carboxylic acids is 1. The van der Waals surface area contributed by atoms with Crippen LogP contribution < -0.4 is 14.8 Å². The minimum atomic E-state index is -0.669. The Labute approximate surface area is 164 Å². The Morgan fingerprint density at radius 1 is 1.15 bits per heavy atom. The SMILES string of the molecule is COc1ccc(OC)c(NC(=O)[C@H](C)n2nnc(-c3ccc(Br)cc3)n2)c1. The normalized spacial score (nSPS) is 11.7. The molecule has 0 radical (unpaired) electrons. The molecule has 3 aromatic rings. The van der Waals surface area contributed by atoms with Crippen molar-refractivity contribution in [3.8, 4) is 22.9 Å². The van der Waals surface area contributed by atoms with Gasteiger partial charge in [0, 0.05) is 16.1 Å². The van der Waals surface area contributed by atoms with Gasteiger partial charge in [-0.1, -0.05) is 15.9 Å². The van der Waals surface area contributed by atoms with Crippen molar-refractivity contribution in [2.24, 2.45) is 0 Å². The third kappa shape index (κ3) is 4.25. The Kier molecular flexibility index (Phi) is 5.70. The zero-order valence-electron chi connectivity index (χ0n) is 15.0. The van der Waals surface area contributed by atoms with Gasteiger partial charge in [0.05, 0.1) is 19.9 Å². The summed E-state index contributed by atoms with van der Waals surface area (Å²) in [5, 5.41) is 15.2. The number of rotatable bonds is 6. The maximum Gasteiger partial charge on any atom is 0.250 e. The second-order valence-corrected chi connectivity index (χ2v) is 6.59.